The Kier molecular flexibility index (Phi) is 3.21. The first-order chi connectivity index (χ1) is 4.12. The zero-order chi connectivity index (χ0) is 7.33. The molecule has 0 bridgehead atoms. The molecule has 0 aliphatic carbocycles. The number of rotatable bonds is 3. The molecule has 0 aliphatic heterocycles. The van der Waals surface area contributed by atoms with Gasteiger partial charge in [-0.1, -0.05) is 19.1 Å². The first-order valence-electron chi connectivity index (χ1n) is 3.26. The molecular formula is C8H14O. The Morgan fingerprint density at radius 2 is 2.00 bits per heavy atom. The Balaban J connectivity index is 3.84. The zero-order valence-electron chi connectivity index (χ0n) is 6.35. The smallest absolute Gasteiger partial charge is 0.129 e. The number of carbonyl (C=O) groups is 1. The minimum atomic E-state index is -0.268. The van der Waals surface area contributed by atoms with Crippen molar-refractivity contribution in [1.29, 1.82) is 0 Å². The fraction of sp³-hybridized carbons (Fsp3) is 0.625. The van der Waals surface area contributed by atoms with Crippen molar-refractivity contribution < 1.29 is 4.79 Å². The highest BCUT2D eigenvalue weighted by Crippen LogP contribution is 2.12. The van der Waals surface area contributed by atoms with E-state index in [2.05, 4.69) is 6.92 Å². The summed E-state index contributed by atoms with van der Waals surface area (Å²) in [6, 6.07) is 0. The summed E-state index contributed by atoms with van der Waals surface area (Å²) >= 11 is 0. The molecule has 0 saturated heterocycles. The van der Waals surface area contributed by atoms with Crippen molar-refractivity contribution in [3.05, 3.63) is 12.2 Å². The number of carbonyl (C=O) groups excluding carboxylic acids is 1. The van der Waals surface area contributed by atoms with Crippen LogP contribution in [0.2, 0.25) is 0 Å². The third-order valence-electron chi connectivity index (χ3n) is 1.09. The third kappa shape index (κ3) is 3.95. The van der Waals surface area contributed by atoms with E-state index in [1.54, 1.807) is 0 Å². The van der Waals surface area contributed by atoms with Gasteiger partial charge in [-0.15, -0.1) is 0 Å². The Hall–Kier alpha value is -0.590. The second-order valence-electron chi connectivity index (χ2n) is 2.75. The van der Waals surface area contributed by atoms with E-state index in [0.29, 0.717) is 0 Å². The maximum atomic E-state index is 10.3. The average Bonchev–Trinajstić information content (AvgIpc) is 1.84. The lowest BCUT2D eigenvalue weighted by Crippen LogP contribution is -2.07. The molecule has 0 N–H and O–H groups in total. The molecule has 0 aromatic carbocycles. The van der Waals surface area contributed by atoms with Crippen LogP contribution in [0.4, 0.5) is 0 Å². The van der Waals surface area contributed by atoms with Gasteiger partial charge in [0.1, 0.15) is 6.29 Å². The molecule has 52 valence electrons. The lowest BCUT2D eigenvalue weighted by Gasteiger charge is -2.08. The van der Waals surface area contributed by atoms with E-state index in [4.69, 9.17) is 0 Å². The van der Waals surface area contributed by atoms with Crippen LogP contribution >= 0.6 is 0 Å². The molecule has 0 amide bonds. The van der Waals surface area contributed by atoms with Gasteiger partial charge in [0.25, 0.3) is 0 Å². The van der Waals surface area contributed by atoms with Gasteiger partial charge in [0, 0.05) is 5.41 Å². The van der Waals surface area contributed by atoms with Gasteiger partial charge in [-0.25, -0.2) is 0 Å². The summed E-state index contributed by atoms with van der Waals surface area (Å²) in [7, 11) is 0. The molecule has 0 unspecified atom stereocenters. The average molecular weight is 126 g/mol. The van der Waals surface area contributed by atoms with E-state index >= 15 is 0 Å². The monoisotopic (exact) mass is 126 g/mol. The molecule has 0 radical (unpaired) electrons. The molecule has 0 atom stereocenters. The van der Waals surface area contributed by atoms with Gasteiger partial charge in [-0.05, 0) is 20.3 Å². The number of hydrogen-bond acceptors (Lipinski definition) is 1. The van der Waals surface area contributed by atoms with Crippen LogP contribution in [0.1, 0.15) is 27.2 Å². The summed E-state index contributed by atoms with van der Waals surface area (Å²) in [6.45, 7) is 5.84. The molecule has 1 heteroatoms. The van der Waals surface area contributed by atoms with Gasteiger partial charge in [0.2, 0.25) is 0 Å². The first kappa shape index (κ1) is 8.41. The van der Waals surface area contributed by atoms with Crippen molar-refractivity contribution in [2.45, 2.75) is 27.2 Å². The lowest BCUT2D eigenvalue weighted by atomic mass is 9.95. The normalized spacial score (nSPS) is 12.3. The fourth-order valence-corrected chi connectivity index (χ4v) is 0.461. The minimum absolute atomic E-state index is 0.268. The van der Waals surface area contributed by atoms with E-state index in [0.717, 1.165) is 12.7 Å². The Labute approximate surface area is 56.8 Å². The molecule has 1 nitrogen and oxygen atoms in total. The Morgan fingerprint density at radius 1 is 1.44 bits per heavy atom. The third-order valence-corrected chi connectivity index (χ3v) is 1.09. The first-order valence-corrected chi connectivity index (χ1v) is 3.26. The number of aldehydes is 1. The van der Waals surface area contributed by atoms with Crippen molar-refractivity contribution in [3.8, 4) is 0 Å². The summed E-state index contributed by atoms with van der Waals surface area (Å²) in [4.78, 5) is 10.3. The predicted molar refractivity (Wildman–Crippen MR) is 39.3 cm³/mol. The van der Waals surface area contributed by atoms with Crippen LogP contribution in [-0.4, -0.2) is 6.29 Å². The van der Waals surface area contributed by atoms with E-state index < -0.39 is 0 Å². The SMILES string of the molecule is CCC=CC(C)(C)C=O. The summed E-state index contributed by atoms with van der Waals surface area (Å²) in [5, 5.41) is 0. The second kappa shape index (κ2) is 3.44. The van der Waals surface area contributed by atoms with Crippen LogP contribution in [0.5, 0.6) is 0 Å². The van der Waals surface area contributed by atoms with Crippen molar-refractivity contribution in [2.24, 2.45) is 5.41 Å². The van der Waals surface area contributed by atoms with Gasteiger partial charge < -0.3 is 4.79 Å². The highest BCUT2D eigenvalue weighted by Gasteiger charge is 2.09. The summed E-state index contributed by atoms with van der Waals surface area (Å²) in [5.74, 6) is 0. The molecule has 9 heavy (non-hydrogen) atoms. The molecule has 0 heterocycles. The lowest BCUT2D eigenvalue weighted by molar-refractivity contribution is -0.112. The van der Waals surface area contributed by atoms with Crippen LogP contribution < -0.4 is 0 Å². The van der Waals surface area contributed by atoms with Crippen LogP contribution in [-0.2, 0) is 4.79 Å². The highest BCUT2D eigenvalue weighted by molar-refractivity contribution is 5.61. The topological polar surface area (TPSA) is 17.1 Å². The van der Waals surface area contributed by atoms with Gasteiger partial charge in [-0.3, -0.25) is 0 Å². The summed E-state index contributed by atoms with van der Waals surface area (Å²) in [5.41, 5.74) is -0.268. The van der Waals surface area contributed by atoms with E-state index in [1.165, 1.54) is 0 Å². The highest BCUT2D eigenvalue weighted by atomic mass is 16.1. The van der Waals surface area contributed by atoms with Gasteiger partial charge in [0.15, 0.2) is 0 Å². The molecule has 0 aliphatic rings. The van der Waals surface area contributed by atoms with Crippen LogP contribution in [0.3, 0.4) is 0 Å². The molecular weight excluding hydrogens is 112 g/mol. The van der Waals surface area contributed by atoms with Crippen molar-refractivity contribution in [2.75, 3.05) is 0 Å². The Morgan fingerprint density at radius 3 is 2.33 bits per heavy atom. The molecule has 0 aromatic rings. The van der Waals surface area contributed by atoms with Crippen LogP contribution in [0.25, 0.3) is 0 Å². The predicted octanol–water partition coefficient (Wildman–Crippen LogP) is 2.18. The molecule has 0 rings (SSSR count). The van der Waals surface area contributed by atoms with Gasteiger partial charge in [0.05, 0.1) is 0 Å². The second-order valence-corrected chi connectivity index (χ2v) is 2.75. The minimum Gasteiger partial charge on any atom is -0.302 e. The van der Waals surface area contributed by atoms with E-state index in [-0.39, 0.29) is 5.41 Å². The van der Waals surface area contributed by atoms with Crippen molar-refractivity contribution in [3.63, 3.8) is 0 Å². The van der Waals surface area contributed by atoms with E-state index in [1.807, 2.05) is 26.0 Å². The van der Waals surface area contributed by atoms with Gasteiger partial charge >= 0.3 is 0 Å². The molecule has 0 aromatic heterocycles. The maximum absolute atomic E-state index is 10.3. The molecule has 0 saturated carbocycles. The fourth-order valence-electron chi connectivity index (χ4n) is 0.461. The van der Waals surface area contributed by atoms with Crippen molar-refractivity contribution >= 4 is 6.29 Å². The number of allylic oxidation sites excluding steroid dienone is 2. The maximum Gasteiger partial charge on any atom is 0.129 e. The Bertz CT molecular complexity index is 112. The number of hydrogen-bond donors (Lipinski definition) is 0. The zero-order valence-corrected chi connectivity index (χ0v) is 6.35. The van der Waals surface area contributed by atoms with E-state index in [9.17, 15) is 4.79 Å². The summed E-state index contributed by atoms with van der Waals surface area (Å²) < 4.78 is 0. The summed E-state index contributed by atoms with van der Waals surface area (Å²) in [6.07, 6.45) is 5.89. The standard InChI is InChI=1S/C8H14O/c1-4-5-6-8(2,3)7-9/h5-7H,4H2,1-3H3. The van der Waals surface area contributed by atoms with Crippen molar-refractivity contribution in [1.82, 2.24) is 0 Å². The quantitative estimate of drug-likeness (QED) is 0.418. The molecule has 0 fully saturated rings. The molecule has 0 spiro atoms. The van der Waals surface area contributed by atoms with Crippen LogP contribution in [0.15, 0.2) is 12.2 Å². The largest absolute Gasteiger partial charge is 0.302 e. The van der Waals surface area contributed by atoms with Gasteiger partial charge in [-0.2, -0.15) is 0 Å². The van der Waals surface area contributed by atoms with Crippen LogP contribution in [0, 0.1) is 5.41 Å².